The number of nitrogens with zero attached hydrogens (tertiary/aromatic N) is 2. The van der Waals surface area contributed by atoms with Crippen LogP contribution in [0.2, 0.25) is 0 Å². The summed E-state index contributed by atoms with van der Waals surface area (Å²) < 4.78 is 2.14. The number of aromatic nitrogens is 2. The largest absolute Gasteiger partial charge is 0.481 e. The van der Waals surface area contributed by atoms with Crippen LogP contribution in [0.5, 0.6) is 0 Å². The molecular weight excluding hydrogens is 242 g/mol. The number of piperidine rings is 1. The Labute approximate surface area is 113 Å². The summed E-state index contributed by atoms with van der Waals surface area (Å²) in [6.07, 6.45) is 6.97. The number of hydrogen-bond acceptors (Lipinski definition) is 3. The van der Waals surface area contributed by atoms with Gasteiger partial charge in [0.1, 0.15) is 5.82 Å². The van der Waals surface area contributed by atoms with Gasteiger partial charge in [0, 0.05) is 19.2 Å². The van der Waals surface area contributed by atoms with Crippen LogP contribution in [0.15, 0.2) is 6.20 Å². The second kappa shape index (κ2) is 5.33. The molecule has 1 saturated heterocycles. The van der Waals surface area contributed by atoms with E-state index in [0.29, 0.717) is 12.3 Å². The fourth-order valence-electron chi connectivity index (χ4n) is 3.19. The van der Waals surface area contributed by atoms with Gasteiger partial charge in [-0.15, -0.1) is 0 Å². The lowest BCUT2D eigenvalue weighted by Gasteiger charge is -2.21. The van der Waals surface area contributed by atoms with Crippen molar-refractivity contribution in [2.45, 2.75) is 38.6 Å². The number of aliphatic carboxylic acids is 1. The van der Waals surface area contributed by atoms with Crippen LogP contribution in [0, 0.1) is 11.8 Å². The first-order valence-electron chi connectivity index (χ1n) is 7.21. The molecule has 5 heteroatoms. The first kappa shape index (κ1) is 12.7. The monoisotopic (exact) mass is 263 g/mol. The van der Waals surface area contributed by atoms with Crippen molar-refractivity contribution in [2.75, 3.05) is 13.1 Å². The third kappa shape index (κ3) is 2.81. The van der Waals surface area contributed by atoms with Gasteiger partial charge in [-0.25, -0.2) is 4.98 Å². The molecule has 1 aromatic rings. The molecule has 1 fully saturated rings. The second-order valence-electron chi connectivity index (χ2n) is 5.79. The topological polar surface area (TPSA) is 67.2 Å². The maximum atomic E-state index is 11.0. The van der Waals surface area contributed by atoms with E-state index in [1.807, 2.05) is 0 Å². The zero-order valence-electron chi connectivity index (χ0n) is 11.1. The molecule has 2 atom stereocenters. The Balaban J connectivity index is 1.67. The Hall–Kier alpha value is -1.36. The Kier molecular flexibility index (Phi) is 3.55. The molecule has 3 rings (SSSR count). The summed E-state index contributed by atoms with van der Waals surface area (Å²) in [5.41, 5.74) is 1.13. The highest BCUT2D eigenvalue weighted by Crippen LogP contribution is 2.22. The van der Waals surface area contributed by atoms with Crippen molar-refractivity contribution in [1.29, 1.82) is 0 Å². The van der Waals surface area contributed by atoms with E-state index in [2.05, 4.69) is 21.1 Å². The summed E-state index contributed by atoms with van der Waals surface area (Å²) in [7, 11) is 0. The second-order valence-corrected chi connectivity index (χ2v) is 5.79. The van der Waals surface area contributed by atoms with Crippen LogP contribution in [0.1, 0.15) is 30.8 Å². The molecule has 0 aliphatic carbocycles. The Bertz CT molecular complexity index is 463. The quantitative estimate of drug-likeness (QED) is 0.856. The van der Waals surface area contributed by atoms with E-state index in [-0.39, 0.29) is 5.92 Å². The molecule has 104 valence electrons. The molecule has 2 unspecified atom stereocenters. The standard InChI is InChI=1S/C14H21N3O2/c18-14(19)11-3-5-17-9-12(16-13(17)7-11)6-10-2-1-4-15-8-10/h9-11,15H,1-8H2,(H,18,19). The van der Waals surface area contributed by atoms with Gasteiger partial charge in [-0.1, -0.05) is 0 Å². The number of carboxylic acids is 1. The van der Waals surface area contributed by atoms with E-state index < -0.39 is 5.97 Å². The molecule has 0 radical (unpaired) electrons. The van der Waals surface area contributed by atoms with Gasteiger partial charge in [-0.3, -0.25) is 4.79 Å². The molecule has 2 aliphatic heterocycles. The van der Waals surface area contributed by atoms with Crippen LogP contribution >= 0.6 is 0 Å². The van der Waals surface area contributed by atoms with Gasteiger partial charge in [0.25, 0.3) is 0 Å². The first-order valence-corrected chi connectivity index (χ1v) is 7.21. The molecule has 19 heavy (non-hydrogen) atoms. The Morgan fingerprint density at radius 3 is 3.16 bits per heavy atom. The number of hydrogen-bond donors (Lipinski definition) is 2. The van der Waals surface area contributed by atoms with Crippen LogP contribution in [0.4, 0.5) is 0 Å². The number of imidazole rings is 1. The maximum absolute atomic E-state index is 11.0. The van der Waals surface area contributed by atoms with Gasteiger partial charge >= 0.3 is 5.97 Å². The molecule has 3 heterocycles. The summed E-state index contributed by atoms with van der Waals surface area (Å²) in [5.74, 6) is 0.699. The van der Waals surface area contributed by atoms with Gasteiger partial charge in [0.15, 0.2) is 0 Å². The van der Waals surface area contributed by atoms with E-state index in [1.165, 1.54) is 12.8 Å². The lowest BCUT2D eigenvalue weighted by atomic mass is 9.95. The highest BCUT2D eigenvalue weighted by molar-refractivity contribution is 5.70. The average Bonchev–Trinajstić information content (AvgIpc) is 2.80. The van der Waals surface area contributed by atoms with Crippen LogP contribution in [-0.4, -0.2) is 33.7 Å². The molecule has 1 aromatic heterocycles. The zero-order valence-corrected chi connectivity index (χ0v) is 11.1. The zero-order chi connectivity index (χ0) is 13.2. The number of carbonyl (C=O) groups is 1. The smallest absolute Gasteiger partial charge is 0.307 e. The summed E-state index contributed by atoms with van der Waals surface area (Å²) in [5, 5.41) is 12.5. The van der Waals surface area contributed by atoms with Crippen molar-refractivity contribution in [3.63, 3.8) is 0 Å². The highest BCUT2D eigenvalue weighted by Gasteiger charge is 2.26. The van der Waals surface area contributed by atoms with Crippen LogP contribution in [0.25, 0.3) is 0 Å². The van der Waals surface area contributed by atoms with Gasteiger partial charge < -0.3 is 15.0 Å². The molecular formula is C14H21N3O2. The van der Waals surface area contributed by atoms with E-state index in [9.17, 15) is 4.79 Å². The highest BCUT2D eigenvalue weighted by atomic mass is 16.4. The van der Waals surface area contributed by atoms with Crippen LogP contribution in [0.3, 0.4) is 0 Å². The molecule has 2 N–H and O–H groups in total. The minimum Gasteiger partial charge on any atom is -0.481 e. The molecule has 2 aliphatic rings. The average molecular weight is 263 g/mol. The number of rotatable bonds is 3. The minimum atomic E-state index is -0.688. The van der Waals surface area contributed by atoms with Crippen molar-refractivity contribution in [3.05, 3.63) is 17.7 Å². The summed E-state index contributed by atoms with van der Waals surface area (Å²) in [4.78, 5) is 15.7. The minimum absolute atomic E-state index is 0.251. The molecule has 0 bridgehead atoms. The van der Waals surface area contributed by atoms with E-state index in [4.69, 9.17) is 5.11 Å². The number of aryl methyl sites for hydroxylation is 1. The van der Waals surface area contributed by atoms with Gasteiger partial charge in [-0.2, -0.15) is 0 Å². The van der Waals surface area contributed by atoms with Crippen LogP contribution < -0.4 is 5.32 Å². The van der Waals surface area contributed by atoms with Crippen molar-refractivity contribution in [3.8, 4) is 0 Å². The summed E-state index contributed by atoms with van der Waals surface area (Å²) in [6.45, 7) is 3.01. The maximum Gasteiger partial charge on any atom is 0.307 e. The van der Waals surface area contributed by atoms with Gasteiger partial charge in [0.2, 0.25) is 0 Å². The summed E-state index contributed by atoms with van der Waals surface area (Å²) in [6, 6.07) is 0. The van der Waals surface area contributed by atoms with Crippen molar-refractivity contribution < 1.29 is 9.90 Å². The van der Waals surface area contributed by atoms with E-state index in [0.717, 1.165) is 44.0 Å². The Morgan fingerprint density at radius 2 is 2.42 bits per heavy atom. The number of fused-ring (bicyclic) bond motifs is 1. The number of carboxylic acid groups (broad SMARTS) is 1. The van der Waals surface area contributed by atoms with Crippen molar-refractivity contribution in [2.24, 2.45) is 11.8 Å². The predicted octanol–water partition coefficient (Wildman–Crippen LogP) is 1.07. The fourth-order valence-corrected chi connectivity index (χ4v) is 3.19. The molecule has 0 spiro atoms. The summed E-state index contributed by atoms with van der Waals surface area (Å²) >= 11 is 0. The lowest BCUT2D eigenvalue weighted by Crippen LogP contribution is -2.30. The molecule has 0 amide bonds. The lowest BCUT2D eigenvalue weighted by molar-refractivity contribution is -0.142. The van der Waals surface area contributed by atoms with E-state index in [1.54, 1.807) is 0 Å². The molecule has 5 nitrogen and oxygen atoms in total. The van der Waals surface area contributed by atoms with Gasteiger partial charge in [0.05, 0.1) is 11.6 Å². The van der Waals surface area contributed by atoms with Crippen molar-refractivity contribution in [1.82, 2.24) is 14.9 Å². The predicted molar refractivity (Wildman–Crippen MR) is 71.0 cm³/mol. The SMILES string of the molecule is O=C(O)C1CCn2cc(CC3CCCNC3)nc2C1. The third-order valence-corrected chi connectivity index (χ3v) is 4.30. The Morgan fingerprint density at radius 1 is 1.53 bits per heavy atom. The molecule has 0 aromatic carbocycles. The third-order valence-electron chi connectivity index (χ3n) is 4.30. The number of nitrogens with one attached hydrogen (secondary N) is 1. The van der Waals surface area contributed by atoms with E-state index >= 15 is 0 Å². The molecule has 0 saturated carbocycles. The van der Waals surface area contributed by atoms with Gasteiger partial charge in [-0.05, 0) is 44.7 Å². The first-order chi connectivity index (χ1) is 9.22. The normalized spacial score (nSPS) is 26.9. The van der Waals surface area contributed by atoms with Crippen LogP contribution in [-0.2, 0) is 24.2 Å². The fraction of sp³-hybridized carbons (Fsp3) is 0.714. The van der Waals surface area contributed by atoms with Crippen molar-refractivity contribution >= 4 is 5.97 Å².